The number of nitrogens with one attached hydrogen (secondary N) is 1. The normalized spacial score (nSPS) is 26.7. The van der Waals surface area contributed by atoms with Crippen molar-refractivity contribution in [2.75, 3.05) is 38.3 Å². The summed E-state index contributed by atoms with van der Waals surface area (Å²) in [6.07, 6.45) is -4.95. The topological polar surface area (TPSA) is 109 Å². The maximum absolute atomic E-state index is 14.0. The van der Waals surface area contributed by atoms with Gasteiger partial charge in [0.25, 0.3) is 0 Å². The fraction of sp³-hybridized carbons (Fsp3) is 0.636. The number of carbonyl (C=O) groups is 1. The highest BCUT2D eigenvalue weighted by atomic mass is 32.2. The van der Waals surface area contributed by atoms with Gasteiger partial charge >= 0.3 is 6.18 Å². The molecule has 1 aromatic carbocycles. The molecule has 12 heteroatoms. The molecule has 2 aliphatic carbocycles. The molecule has 0 unspecified atom stereocenters. The molecule has 1 amide bonds. The molecule has 1 aromatic rings. The van der Waals surface area contributed by atoms with Gasteiger partial charge < -0.3 is 19.7 Å². The Balaban J connectivity index is 1.62. The van der Waals surface area contributed by atoms with Gasteiger partial charge in [0.15, 0.2) is 9.84 Å². The zero-order chi connectivity index (χ0) is 24.7. The van der Waals surface area contributed by atoms with E-state index in [0.29, 0.717) is 39.1 Å². The Morgan fingerprint density at radius 2 is 1.94 bits per heavy atom. The van der Waals surface area contributed by atoms with Gasteiger partial charge in [-0.15, -0.1) is 0 Å². The van der Waals surface area contributed by atoms with Crippen molar-refractivity contribution >= 4 is 21.4 Å². The maximum atomic E-state index is 14.0. The second-order valence-corrected chi connectivity index (χ2v) is 11.2. The van der Waals surface area contributed by atoms with E-state index in [0.717, 1.165) is 12.1 Å². The van der Waals surface area contributed by atoms with E-state index >= 15 is 0 Å². The highest BCUT2D eigenvalue weighted by molar-refractivity contribution is 7.92. The first-order chi connectivity index (χ1) is 16.0. The molecule has 8 nitrogen and oxygen atoms in total. The summed E-state index contributed by atoms with van der Waals surface area (Å²) in [6, 6.07) is 5.29. The zero-order valence-electron chi connectivity index (χ0n) is 18.6. The Labute approximate surface area is 195 Å². The molecule has 0 bridgehead atoms. The van der Waals surface area contributed by atoms with Crippen LogP contribution in [-0.4, -0.2) is 64.6 Å². The smallest absolute Gasteiger partial charge is 0.381 e. The number of morpholine rings is 1. The van der Waals surface area contributed by atoms with E-state index < -0.39 is 55.2 Å². The Bertz CT molecular complexity index is 1090. The van der Waals surface area contributed by atoms with Crippen LogP contribution >= 0.6 is 0 Å². The van der Waals surface area contributed by atoms with Gasteiger partial charge in [-0.1, -0.05) is 0 Å². The van der Waals surface area contributed by atoms with Gasteiger partial charge in [-0.3, -0.25) is 4.79 Å². The van der Waals surface area contributed by atoms with E-state index in [1.807, 2.05) is 6.07 Å². The van der Waals surface area contributed by atoms with Crippen LogP contribution in [0.5, 0.6) is 0 Å². The molecule has 1 N–H and O–H groups in total. The van der Waals surface area contributed by atoms with Crippen LogP contribution in [0, 0.1) is 17.2 Å². The molecule has 0 aromatic heterocycles. The first-order valence-corrected chi connectivity index (χ1v) is 12.6. The fourth-order valence-electron chi connectivity index (χ4n) is 4.65. The number of halogens is 3. The van der Waals surface area contributed by atoms with Gasteiger partial charge in [0, 0.05) is 25.9 Å². The first-order valence-electron chi connectivity index (χ1n) is 11.0. The molecule has 1 heterocycles. The Kier molecular flexibility index (Phi) is 6.56. The number of sulfone groups is 1. The molecule has 186 valence electrons. The molecule has 3 atom stereocenters. The molecule has 3 aliphatic rings. The summed E-state index contributed by atoms with van der Waals surface area (Å²) in [6.45, 7) is 1.56. The SMILES string of the molecule is CO[C@H]1C[C@@H](S(=O)(=O)c2ccc(N3CCOCC3)cc2C(F)(F)F)C[C@@H]1C(=O)NC1(C#N)CC1. The minimum absolute atomic E-state index is 0.112. The first kappa shape index (κ1) is 24.8. The highest BCUT2D eigenvalue weighted by Crippen LogP contribution is 2.43. The lowest BCUT2D eigenvalue weighted by molar-refractivity contribution is -0.139. The molecule has 2 saturated carbocycles. The van der Waals surface area contributed by atoms with Gasteiger partial charge in [-0.2, -0.15) is 18.4 Å². The lowest BCUT2D eigenvalue weighted by Gasteiger charge is -2.30. The van der Waals surface area contributed by atoms with Gasteiger partial charge in [0.1, 0.15) is 5.54 Å². The predicted octanol–water partition coefficient (Wildman–Crippen LogP) is 2.28. The van der Waals surface area contributed by atoms with Crippen molar-refractivity contribution in [3.05, 3.63) is 23.8 Å². The number of anilines is 1. The molecule has 0 radical (unpaired) electrons. The van der Waals surface area contributed by atoms with Crippen molar-refractivity contribution in [1.29, 1.82) is 5.26 Å². The van der Waals surface area contributed by atoms with E-state index in [1.165, 1.54) is 13.2 Å². The largest absolute Gasteiger partial charge is 0.417 e. The second-order valence-electron chi connectivity index (χ2n) is 8.98. The average molecular weight is 502 g/mol. The average Bonchev–Trinajstić information content (AvgIpc) is 3.44. The number of methoxy groups -OCH3 is 1. The molecule has 3 fully saturated rings. The van der Waals surface area contributed by atoms with Gasteiger partial charge in [-0.05, 0) is 43.9 Å². The van der Waals surface area contributed by atoms with E-state index in [4.69, 9.17) is 9.47 Å². The van der Waals surface area contributed by atoms with E-state index in [2.05, 4.69) is 5.32 Å². The number of rotatable bonds is 6. The minimum Gasteiger partial charge on any atom is -0.381 e. The molecule has 1 saturated heterocycles. The monoisotopic (exact) mass is 501 g/mol. The van der Waals surface area contributed by atoms with Crippen LogP contribution in [0.1, 0.15) is 31.2 Å². The van der Waals surface area contributed by atoms with Crippen molar-refractivity contribution in [3.8, 4) is 6.07 Å². The number of nitrogens with zero attached hydrogens (tertiary/aromatic N) is 2. The van der Waals surface area contributed by atoms with Crippen LogP contribution in [0.4, 0.5) is 18.9 Å². The van der Waals surface area contributed by atoms with Crippen LogP contribution in [-0.2, 0) is 30.3 Å². The van der Waals surface area contributed by atoms with E-state index in [9.17, 15) is 31.6 Å². The zero-order valence-corrected chi connectivity index (χ0v) is 19.4. The van der Waals surface area contributed by atoms with Gasteiger partial charge in [0.05, 0.1) is 47.0 Å². The van der Waals surface area contributed by atoms with E-state index in [1.54, 1.807) is 4.90 Å². The Morgan fingerprint density at radius 1 is 1.26 bits per heavy atom. The number of ether oxygens (including phenoxy) is 2. The van der Waals surface area contributed by atoms with Gasteiger partial charge in [-0.25, -0.2) is 8.42 Å². The number of hydrogen-bond donors (Lipinski definition) is 1. The second kappa shape index (κ2) is 9.02. The summed E-state index contributed by atoms with van der Waals surface area (Å²) in [5.41, 5.74) is -1.88. The number of amides is 1. The Hall–Kier alpha value is -2.36. The third-order valence-electron chi connectivity index (χ3n) is 6.82. The van der Waals surface area contributed by atoms with Crippen LogP contribution in [0.3, 0.4) is 0 Å². The van der Waals surface area contributed by atoms with E-state index in [-0.39, 0.29) is 18.5 Å². The fourth-order valence-corrected chi connectivity index (χ4v) is 6.65. The van der Waals surface area contributed by atoms with Crippen molar-refractivity contribution < 1.29 is 35.9 Å². The van der Waals surface area contributed by atoms with Crippen LogP contribution in [0.15, 0.2) is 23.1 Å². The van der Waals surface area contributed by atoms with Crippen LogP contribution < -0.4 is 10.2 Å². The summed E-state index contributed by atoms with van der Waals surface area (Å²) in [5, 5.41) is 10.6. The molecular formula is C22H26F3N3O5S. The van der Waals surface area contributed by atoms with Crippen LogP contribution in [0.2, 0.25) is 0 Å². The standard InChI is InChI=1S/C22H26F3N3O5S/c1-32-18-12-15(11-16(18)20(29)27-21(13-26)4-5-21)34(30,31)19-3-2-14(10-17(19)22(23,24)25)28-6-8-33-9-7-28/h2-3,10,15-16,18H,4-9,11-12H2,1H3,(H,27,29)/t15-,16-,18-/m0/s1. The predicted molar refractivity (Wildman–Crippen MR) is 115 cm³/mol. The molecule has 34 heavy (non-hydrogen) atoms. The maximum Gasteiger partial charge on any atom is 0.417 e. The molecule has 1 aliphatic heterocycles. The number of alkyl halides is 3. The molecular weight excluding hydrogens is 475 g/mol. The highest BCUT2D eigenvalue weighted by Gasteiger charge is 2.51. The quantitative estimate of drug-likeness (QED) is 0.637. The molecule has 4 rings (SSSR count). The summed E-state index contributed by atoms with van der Waals surface area (Å²) >= 11 is 0. The number of nitriles is 1. The summed E-state index contributed by atoms with van der Waals surface area (Å²) < 4.78 is 79.3. The summed E-state index contributed by atoms with van der Waals surface area (Å²) in [7, 11) is -3.10. The lowest BCUT2D eigenvalue weighted by atomic mass is 10.0. The minimum atomic E-state index is -4.88. The number of carbonyl (C=O) groups excluding carboxylic acids is 1. The Morgan fingerprint density at radius 3 is 2.50 bits per heavy atom. The van der Waals surface area contributed by atoms with Crippen LogP contribution in [0.25, 0.3) is 0 Å². The number of benzene rings is 1. The third kappa shape index (κ3) is 4.74. The lowest BCUT2D eigenvalue weighted by Crippen LogP contribution is -2.42. The van der Waals surface area contributed by atoms with Crippen molar-refractivity contribution in [1.82, 2.24) is 5.32 Å². The van der Waals surface area contributed by atoms with Crippen molar-refractivity contribution in [2.45, 2.75) is 53.6 Å². The summed E-state index contributed by atoms with van der Waals surface area (Å²) in [4.78, 5) is 13.7. The summed E-state index contributed by atoms with van der Waals surface area (Å²) in [5.74, 6) is -1.39. The number of hydrogen-bond acceptors (Lipinski definition) is 7. The van der Waals surface area contributed by atoms with Gasteiger partial charge in [0.2, 0.25) is 5.91 Å². The van der Waals surface area contributed by atoms with Crippen molar-refractivity contribution in [3.63, 3.8) is 0 Å². The third-order valence-corrected chi connectivity index (χ3v) is 9.05. The van der Waals surface area contributed by atoms with Crippen molar-refractivity contribution in [2.24, 2.45) is 5.92 Å². The molecule has 0 spiro atoms.